The van der Waals surface area contributed by atoms with Gasteiger partial charge in [0.05, 0.1) is 31.6 Å². The van der Waals surface area contributed by atoms with Gasteiger partial charge < -0.3 is 24.6 Å². The van der Waals surface area contributed by atoms with E-state index in [-0.39, 0.29) is 24.9 Å². The van der Waals surface area contributed by atoms with Crippen LogP contribution in [-0.4, -0.2) is 67.8 Å². The molecule has 2 aromatic heterocycles. The molecule has 2 aliphatic rings. The molecule has 2 aliphatic heterocycles. The van der Waals surface area contributed by atoms with Gasteiger partial charge in [0.25, 0.3) is 0 Å². The Bertz CT molecular complexity index is 1360. The summed E-state index contributed by atoms with van der Waals surface area (Å²) in [5.74, 6) is 0.458. The lowest BCUT2D eigenvalue weighted by atomic mass is 10.0. The Labute approximate surface area is 204 Å². The first-order valence-electron chi connectivity index (χ1n) is 10.7. The van der Waals surface area contributed by atoms with Crippen LogP contribution in [0.15, 0.2) is 42.7 Å². The second kappa shape index (κ2) is 9.32. The molecule has 0 unspecified atom stereocenters. The van der Waals surface area contributed by atoms with Gasteiger partial charge in [0, 0.05) is 11.8 Å². The molecule has 5 rings (SSSR count). The number of hydrogen-bond acceptors (Lipinski definition) is 9. The number of nitrogens with one attached hydrogen (secondary N) is 1. The molecule has 36 heavy (non-hydrogen) atoms. The van der Waals surface area contributed by atoms with Crippen molar-refractivity contribution in [2.24, 2.45) is 0 Å². The molecule has 1 saturated heterocycles. The number of nitrogens with zero attached hydrogens (tertiary/aromatic N) is 5. The highest BCUT2D eigenvalue weighted by Crippen LogP contribution is 2.40. The van der Waals surface area contributed by atoms with Gasteiger partial charge in [0.15, 0.2) is 5.82 Å². The maximum absolute atomic E-state index is 12.5. The number of amides is 2. The predicted molar refractivity (Wildman–Crippen MR) is 122 cm³/mol. The molecule has 3 N–H and O–H groups in total. The highest BCUT2D eigenvalue weighted by Gasteiger charge is 2.47. The average molecular weight is 516 g/mol. The van der Waals surface area contributed by atoms with Crippen LogP contribution in [0.4, 0.5) is 15.3 Å². The van der Waals surface area contributed by atoms with Crippen LogP contribution in [0.5, 0.6) is 0 Å². The molecule has 4 heterocycles. The lowest BCUT2D eigenvalue weighted by molar-refractivity contribution is 0.123. The number of rotatable bonds is 7. The summed E-state index contributed by atoms with van der Waals surface area (Å²) in [5.41, 5.74) is 3.73. The molecule has 0 saturated carbocycles. The fourth-order valence-corrected chi connectivity index (χ4v) is 4.51. The fourth-order valence-electron chi connectivity index (χ4n) is 4.21. The highest BCUT2D eigenvalue weighted by atomic mass is 31.2. The quantitative estimate of drug-likeness (QED) is 0.388. The van der Waals surface area contributed by atoms with Crippen LogP contribution < -0.4 is 10.2 Å². The molecule has 2 amide bonds. The number of ether oxygens (including phenoxy) is 2. The zero-order chi connectivity index (χ0) is 25.4. The zero-order valence-electron chi connectivity index (χ0n) is 18.8. The summed E-state index contributed by atoms with van der Waals surface area (Å²) in [6.07, 6.45) is 2.17. The van der Waals surface area contributed by atoms with Crippen LogP contribution in [0.1, 0.15) is 11.3 Å². The number of benzene rings is 1. The number of aromatic nitrogens is 4. The number of cyclic esters (lactones) is 1. The first-order chi connectivity index (χ1) is 17.2. The van der Waals surface area contributed by atoms with Crippen LogP contribution in [0.3, 0.4) is 0 Å². The largest absolute Gasteiger partial charge is 0.469 e. The Morgan fingerprint density at radius 2 is 2.08 bits per heavy atom. The summed E-state index contributed by atoms with van der Waals surface area (Å²) in [5, 5.41) is 10.3. The van der Waals surface area contributed by atoms with E-state index in [0.717, 1.165) is 22.4 Å². The summed E-state index contributed by atoms with van der Waals surface area (Å²) in [6, 6.07) is 9.10. The van der Waals surface area contributed by atoms with Gasteiger partial charge in [-0.2, -0.15) is 0 Å². The molecule has 2 atom stereocenters. The number of phosphoric ester groups is 1. The van der Waals surface area contributed by atoms with E-state index >= 15 is 0 Å². The molecule has 188 valence electrons. The monoisotopic (exact) mass is 516 g/mol. The van der Waals surface area contributed by atoms with Crippen molar-refractivity contribution in [2.75, 3.05) is 18.6 Å². The molecule has 0 aliphatic carbocycles. The van der Waals surface area contributed by atoms with Crippen molar-refractivity contribution in [2.45, 2.75) is 25.2 Å². The Kier molecular flexibility index (Phi) is 6.18. The number of alkyl carbamates (subject to hydrolysis) is 1. The number of carbonyl (C=O) groups excluding carboxylic acids is 2. The Hall–Kier alpha value is -3.84. The molecule has 15 heteroatoms. The van der Waals surface area contributed by atoms with Crippen LogP contribution in [0.2, 0.25) is 0 Å². The van der Waals surface area contributed by atoms with Gasteiger partial charge in [0.2, 0.25) is 0 Å². The number of anilines is 1. The fraction of sp³-hybridized carbons (Fsp3) is 0.286. The second-order valence-electron chi connectivity index (χ2n) is 8.10. The van der Waals surface area contributed by atoms with Crippen molar-refractivity contribution >= 4 is 25.7 Å². The Morgan fingerprint density at radius 1 is 1.28 bits per heavy atom. The van der Waals surface area contributed by atoms with E-state index in [1.807, 2.05) is 24.3 Å². The van der Waals surface area contributed by atoms with E-state index in [1.54, 1.807) is 17.2 Å². The van der Waals surface area contributed by atoms with E-state index in [9.17, 15) is 14.2 Å². The van der Waals surface area contributed by atoms with Crippen LogP contribution >= 0.6 is 7.82 Å². The van der Waals surface area contributed by atoms with Gasteiger partial charge >= 0.3 is 20.0 Å². The van der Waals surface area contributed by atoms with Crippen molar-refractivity contribution in [3.05, 3.63) is 54.0 Å². The first-order valence-corrected chi connectivity index (χ1v) is 12.3. The third-order valence-corrected chi connectivity index (χ3v) is 6.31. The van der Waals surface area contributed by atoms with Crippen molar-refractivity contribution in [3.8, 4) is 16.9 Å². The van der Waals surface area contributed by atoms with Gasteiger partial charge in [-0.1, -0.05) is 11.3 Å². The lowest BCUT2D eigenvalue weighted by Gasteiger charge is -2.16. The van der Waals surface area contributed by atoms with Gasteiger partial charge in [-0.25, -0.2) is 23.8 Å². The lowest BCUT2D eigenvalue weighted by Crippen LogP contribution is -2.40. The SMILES string of the molecule is COC(=O)NC[C@@H]1OC(=O)N2c3ccc(-c4ccc(-n5cc(COP(=O)(O)O)nn5)nc4)cc3C[C@@H]12. The van der Waals surface area contributed by atoms with Crippen LogP contribution in [-0.2, 0) is 31.6 Å². The number of phosphoric acid groups is 1. The number of hydrogen-bond donors (Lipinski definition) is 3. The average Bonchev–Trinajstić information content (AvgIpc) is 3.56. The summed E-state index contributed by atoms with van der Waals surface area (Å²) in [6.45, 7) is -0.232. The molecule has 0 radical (unpaired) electrons. The van der Waals surface area contributed by atoms with Gasteiger partial charge in [0.1, 0.15) is 18.4 Å². The number of fused-ring (bicyclic) bond motifs is 3. The zero-order valence-corrected chi connectivity index (χ0v) is 19.7. The molecule has 1 fully saturated rings. The minimum Gasteiger partial charge on any atom is -0.453 e. The van der Waals surface area contributed by atoms with Gasteiger partial charge in [-0.3, -0.25) is 9.42 Å². The topological polar surface area (TPSA) is 178 Å². The third kappa shape index (κ3) is 4.79. The molecule has 0 bridgehead atoms. The molecular weight excluding hydrogens is 495 g/mol. The van der Waals surface area contributed by atoms with Crippen molar-refractivity contribution in [3.63, 3.8) is 0 Å². The maximum Gasteiger partial charge on any atom is 0.469 e. The van der Waals surface area contributed by atoms with E-state index in [0.29, 0.717) is 12.2 Å². The maximum atomic E-state index is 12.5. The van der Waals surface area contributed by atoms with E-state index < -0.39 is 26.1 Å². The second-order valence-corrected chi connectivity index (χ2v) is 9.34. The van der Waals surface area contributed by atoms with E-state index in [4.69, 9.17) is 14.5 Å². The first kappa shape index (κ1) is 23.9. The van der Waals surface area contributed by atoms with Crippen LogP contribution in [0.25, 0.3) is 16.9 Å². The van der Waals surface area contributed by atoms with E-state index in [1.165, 1.54) is 18.0 Å². The standard InChI is InChI=1S/C21H21N6O8P/c1-33-20(28)23-9-18-17-7-14-6-12(2-4-16(14)27(17)21(29)35-18)13-3-5-19(22-8-13)26-10-15(24-25-26)11-34-36(30,31)32/h2-6,8,10,17-18H,7,9,11H2,1H3,(H,23,28)(H2,30,31,32)/t17-,18-/m0/s1. The number of methoxy groups -OCH3 is 1. The summed E-state index contributed by atoms with van der Waals surface area (Å²) in [4.78, 5) is 47.5. The summed E-state index contributed by atoms with van der Waals surface area (Å²) < 4.78 is 26.6. The molecule has 0 spiro atoms. The normalized spacial score (nSPS) is 18.5. The molecule has 1 aromatic carbocycles. The van der Waals surface area contributed by atoms with Crippen molar-refractivity contribution in [1.29, 1.82) is 0 Å². The number of carbonyl (C=O) groups is 2. The summed E-state index contributed by atoms with van der Waals surface area (Å²) in [7, 11) is -3.34. The van der Waals surface area contributed by atoms with Gasteiger partial charge in [-0.15, -0.1) is 5.10 Å². The van der Waals surface area contributed by atoms with Crippen molar-refractivity contribution in [1.82, 2.24) is 25.3 Å². The van der Waals surface area contributed by atoms with Gasteiger partial charge in [-0.05, 0) is 41.8 Å². The molecular formula is C21H21N6O8P. The Morgan fingerprint density at radius 3 is 2.81 bits per heavy atom. The molecule has 3 aromatic rings. The Balaban J connectivity index is 1.29. The number of pyridine rings is 1. The van der Waals surface area contributed by atoms with Crippen LogP contribution in [0, 0.1) is 0 Å². The smallest absolute Gasteiger partial charge is 0.453 e. The highest BCUT2D eigenvalue weighted by molar-refractivity contribution is 7.46. The predicted octanol–water partition coefficient (Wildman–Crippen LogP) is 1.54. The van der Waals surface area contributed by atoms with Crippen molar-refractivity contribution < 1.29 is 37.9 Å². The minimum atomic E-state index is -4.61. The molecule has 14 nitrogen and oxygen atoms in total. The third-order valence-electron chi connectivity index (χ3n) is 5.85. The minimum absolute atomic E-state index is 0.154. The van der Waals surface area contributed by atoms with E-state index in [2.05, 4.69) is 29.9 Å². The summed E-state index contributed by atoms with van der Waals surface area (Å²) >= 11 is 0.